The zero-order valence-corrected chi connectivity index (χ0v) is 16.8. The molecule has 156 valence electrons. The van der Waals surface area contributed by atoms with E-state index in [0.29, 0.717) is 6.54 Å². The zero-order chi connectivity index (χ0) is 20.5. The van der Waals surface area contributed by atoms with E-state index in [1.54, 1.807) is 0 Å². The number of ether oxygens (including phenoxy) is 4. The van der Waals surface area contributed by atoms with E-state index < -0.39 is 12.2 Å². The molecule has 8 nitrogen and oxygen atoms in total. The van der Waals surface area contributed by atoms with Crippen molar-refractivity contribution < 1.29 is 28.5 Å². The molecule has 4 atom stereocenters. The second-order valence-electron chi connectivity index (χ2n) is 9.06. The third-order valence-corrected chi connectivity index (χ3v) is 5.40. The predicted molar refractivity (Wildman–Crippen MR) is 101 cm³/mol. The van der Waals surface area contributed by atoms with Crippen LogP contribution in [0.15, 0.2) is 25.0 Å². The molecule has 8 heteroatoms. The SMILES string of the molecule is C=C1OCC(C(=O)NCC2(C)CC(NC(=O)C3COC(=C)O3)CC(C)(C)C2)O1. The van der Waals surface area contributed by atoms with Gasteiger partial charge in [0.15, 0.2) is 0 Å². The van der Waals surface area contributed by atoms with Gasteiger partial charge in [0.25, 0.3) is 23.7 Å². The average molecular weight is 394 g/mol. The monoisotopic (exact) mass is 394 g/mol. The van der Waals surface area contributed by atoms with E-state index in [1.165, 1.54) is 0 Å². The summed E-state index contributed by atoms with van der Waals surface area (Å²) in [7, 11) is 0. The van der Waals surface area contributed by atoms with Crippen LogP contribution in [0.5, 0.6) is 0 Å². The summed E-state index contributed by atoms with van der Waals surface area (Å²) in [6.07, 6.45) is 1.23. The Morgan fingerprint density at radius 2 is 1.57 bits per heavy atom. The van der Waals surface area contributed by atoms with Crippen LogP contribution in [0.25, 0.3) is 0 Å². The second kappa shape index (κ2) is 7.56. The number of carbonyl (C=O) groups excluding carboxylic acids is 2. The van der Waals surface area contributed by atoms with Crippen molar-refractivity contribution in [3.63, 3.8) is 0 Å². The van der Waals surface area contributed by atoms with E-state index in [4.69, 9.17) is 18.9 Å². The normalized spacial score (nSPS) is 33.9. The van der Waals surface area contributed by atoms with Gasteiger partial charge in [-0.1, -0.05) is 20.8 Å². The maximum atomic E-state index is 12.5. The Balaban J connectivity index is 1.57. The molecule has 28 heavy (non-hydrogen) atoms. The van der Waals surface area contributed by atoms with E-state index in [2.05, 4.69) is 44.6 Å². The highest BCUT2D eigenvalue weighted by Crippen LogP contribution is 2.45. The van der Waals surface area contributed by atoms with Crippen molar-refractivity contribution in [1.29, 1.82) is 0 Å². The fourth-order valence-corrected chi connectivity index (χ4v) is 4.63. The first-order valence-corrected chi connectivity index (χ1v) is 9.60. The fourth-order valence-electron chi connectivity index (χ4n) is 4.63. The fraction of sp³-hybridized carbons (Fsp3) is 0.700. The molecule has 0 spiro atoms. The summed E-state index contributed by atoms with van der Waals surface area (Å²) in [5, 5.41) is 6.06. The summed E-state index contributed by atoms with van der Waals surface area (Å²) >= 11 is 0. The van der Waals surface area contributed by atoms with Gasteiger partial charge in [0, 0.05) is 12.6 Å². The minimum absolute atomic E-state index is 0.0125. The van der Waals surface area contributed by atoms with Crippen LogP contribution in [0, 0.1) is 10.8 Å². The Kier molecular flexibility index (Phi) is 5.50. The molecule has 2 amide bonds. The molecule has 2 saturated heterocycles. The Morgan fingerprint density at radius 1 is 1.00 bits per heavy atom. The van der Waals surface area contributed by atoms with Crippen LogP contribution in [-0.2, 0) is 28.5 Å². The van der Waals surface area contributed by atoms with Gasteiger partial charge >= 0.3 is 0 Å². The summed E-state index contributed by atoms with van der Waals surface area (Å²) in [5.74, 6) is -0.0483. The van der Waals surface area contributed by atoms with Gasteiger partial charge in [0.05, 0.1) is 0 Å². The highest BCUT2D eigenvalue weighted by Gasteiger charge is 2.43. The van der Waals surface area contributed by atoms with E-state index >= 15 is 0 Å². The van der Waals surface area contributed by atoms with Crippen molar-refractivity contribution in [2.24, 2.45) is 10.8 Å². The van der Waals surface area contributed by atoms with E-state index in [0.717, 1.165) is 19.3 Å². The van der Waals surface area contributed by atoms with Crippen LogP contribution >= 0.6 is 0 Å². The van der Waals surface area contributed by atoms with Crippen molar-refractivity contribution in [3.05, 3.63) is 25.0 Å². The highest BCUT2D eigenvalue weighted by atomic mass is 16.7. The number of nitrogens with one attached hydrogen (secondary N) is 2. The third kappa shape index (κ3) is 4.91. The molecule has 0 aromatic heterocycles. The Bertz CT molecular complexity index is 676. The lowest BCUT2D eigenvalue weighted by molar-refractivity contribution is -0.131. The molecule has 0 aromatic rings. The summed E-state index contributed by atoms with van der Waals surface area (Å²) in [4.78, 5) is 24.8. The van der Waals surface area contributed by atoms with Gasteiger partial charge in [-0.2, -0.15) is 0 Å². The summed E-state index contributed by atoms with van der Waals surface area (Å²) in [5.41, 5.74) is -0.143. The molecular formula is C20H30N2O6. The number of carbonyl (C=O) groups is 2. The number of rotatable bonds is 5. The van der Waals surface area contributed by atoms with Gasteiger partial charge in [-0.25, -0.2) is 0 Å². The maximum Gasteiger partial charge on any atom is 0.272 e. The molecular weight excluding hydrogens is 364 g/mol. The molecule has 3 fully saturated rings. The lowest BCUT2D eigenvalue weighted by Gasteiger charge is -2.47. The molecule has 3 aliphatic rings. The van der Waals surface area contributed by atoms with Crippen molar-refractivity contribution in [1.82, 2.24) is 10.6 Å². The smallest absolute Gasteiger partial charge is 0.272 e. The van der Waals surface area contributed by atoms with Crippen molar-refractivity contribution >= 4 is 11.8 Å². The van der Waals surface area contributed by atoms with Gasteiger partial charge in [0.2, 0.25) is 12.2 Å². The van der Waals surface area contributed by atoms with Gasteiger partial charge in [-0.05, 0) is 43.3 Å². The van der Waals surface area contributed by atoms with Gasteiger partial charge in [0.1, 0.15) is 13.2 Å². The summed E-state index contributed by atoms with van der Waals surface area (Å²) in [6.45, 7) is 14.5. The lowest BCUT2D eigenvalue weighted by atomic mass is 9.62. The Labute approximate surface area is 165 Å². The van der Waals surface area contributed by atoms with Crippen LogP contribution in [-0.4, -0.2) is 49.8 Å². The highest BCUT2D eigenvalue weighted by molar-refractivity contribution is 5.82. The summed E-state index contributed by atoms with van der Waals surface area (Å²) < 4.78 is 20.8. The molecule has 2 heterocycles. The number of hydrogen-bond acceptors (Lipinski definition) is 6. The van der Waals surface area contributed by atoms with Crippen LogP contribution in [0.3, 0.4) is 0 Å². The average Bonchev–Trinajstić information content (AvgIpc) is 3.19. The standard InChI is InChI=1S/C20H30N2O6/c1-12-25-8-15(27-12)17(23)21-11-20(5)7-14(6-19(3,4)10-20)22-18(24)16-9-26-13(2)28-16/h14-16H,1-2,6-11H2,3-5H3,(H,21,23)(H,22,24). The molecule has 2 N–H and O–H groups in total. The van der Waals surface area contributed by atoms with Crippen LogP contribution in [0.2, 0.25) is 0 Å². The predicted octanol–water partition coefficient (Wildman–Crippen LogP) is 1.58. The third-order valence-electron chi connectivity index (χ3n) is 5.40. The van der Waals surface area contributed by atoms with Crippen LogP contribution in [0.4, 0.5) is 0 Å². The van der Waals surface area contributed by atoms with E-state index in [9.17, 15) is 9.59 Å². The van der Waals surface area contributed by atoms with Crippen LogP contribution < -0.4 is 10.6 Å². The molecule has 1 aliphatic carbocycles. The number of hydrogen-bond donors (Lipinski definition) is 2. The first kappa shape index (κ1) is 20.4. The topological polar surface area (TPSA) is 95.1 Å². The first-order valence-electron chi connectivity index (χ1n) is 9.60. The van der Waals surface area contributed by atoms with Gasteiger partial charge in [-0.15, -0.1) is 0 Å². The first-order chi connectivity index (χ1) is 13.1. The van der Waals surface area contributed by atoms with Gasteiger partial charge in [-0.3, -0.25) is 9.59 Å². The quantitative estimate of drug-likeness (QED) is 0.735. The van der Waals surface area contributed by atoms with E-state index in [-0.39, 0.29) is 53.8 Å². The summed E-state index contributed by atoms with van der Waals surface area (Å²) in [6, 6.07) is -0.0125. The lowest BCUT2D eigenvalue weighted by Crippen LogP contribution is -2.52. The molecule has 3 rings (SSSR count). The van der Waals surface area contributed by atoms with Crippen molar-refractivity contribution in [3.8, 4) is 0 Å². The molecule has 0 radical (unpaired) electrons. The molecule has 0 bridgehead atoms. The van der Waals surface area contributed by atoms with Gasteiger partial charge < -0.3 is 29.6 Å². The molecule has 1 saturated carbocycles. The van der Waals surface area contributed by atoms with E-state index in [1.807, 2.05) is 0 Å². The Morgan fingerprint density at radius 3 is 2.11 bits per heavy atom. The minimum atomic E-state index is -0.657. The van der Waals surface area contributed by atoms with Crippen molar-refractivity contribution in [2.45, 2.75) is 58.3 Å². The second-order valence-corrected chi connectivity index (χ2v) is 9.06. The largest absolute Gasteiger partial charge is 0.461 e. The molecule has 0 aromatic carbocycles. The Hall–Kier alpha value is -2.38. The van der Waals surface area contributed by atoms with Crippen molar-refractivity contribution in [2.75, 3.05) is 19.8 Å². The molecule has 2 aliphatic heterocycles. The number of amides is 2. The zero-order valence-electron chi connectivity index (χ0n) is 16.8. The maximum absolute atomic E-state index is 12.5. The van der Waals surface area contributed by atoms with Crippen LogP contribution in [0.1, 0.15) is 40.0 Å². The minimum Gasteiger partial charge on any atom is -0.461 e. The molecule has 4 unspecified atom stereocenters.